The van der Waals surface area contributed by atoms with Gasteiger partial charge in [0.25, 0.3) is 0 Å². The number of rotatable bonds is 3. The first-order valence-electron chi connectivity index (χ1n) is 9.37. The monoisotopic (exact) mass is 799 g/mol. The molecule has 0 radical (unpaired) electrons. The third-order valence-electron chi connectivity index (χ3n) is 2.16. The zero-order valence-electron chi connectivity index (χ0n) is 21.4. The molecule has 0 amide bonds. The van der Waals surface area contributed by atoms with Crippen LogP contribution in [0.3, 0.4) is 0 Å². The maximum Gasteiger partial charge on any atom is 0.507 e. The molecule has 2 aromatic rings. The Morgan fingerprint density at radius 2 is 0.556 bits per heavy atom. The maximum absolute atomic E-state index is 10.4. The van der Waals surface area contributed by atoms with Crippen molar-refractivity contribution in [3.05, 3.63) is 60.7 Å². The first kappa shape index (κ1) is 53.2. The lowest BCUT2D eigenvalue weighted by molar-refractivity contribution is 0.201. The second-order valence-corrected chi connectivity index (χ2v) is 11.7. The van der Waals surface area contributed by atoms with E-state index >= 15 is 0 Å². The topological polar surface area (TPSA) is 358 Å². The van der Waals surface area contributed by atoms with E-state index in [-0.39, 0.29) is 0 Å². The smallest absolute Gasteiger partial charge is 0.299 e. The lowest BCUT2D eigenvalue weighted by atomic mass is 10.2. The van der Waals surface area contributed by atoms with Gasteiger partial charge in [-0.3, -0.25) is 63.6 Å². The number of halogens is 6. The number of nitrogens with zero attached hydrogens (tertiary/aromatic N) is 1. The van der Waals surface area contributed by atoms with Crippen LogP contribution < -0.4 is 5.06 Å². The summed E-state index contributed by atoms with van der Waals surface area (Å²) in [5.41, 5.74) is 2.04. The van der Waals surface area contributed by atoms with E-state index in [1.807, 2.05) is 60.7 Å². The lowest BCUT2D eigenvalue weighted by Crippen LogP contribution is -2.14. The highest BCUT2D eigenvalue weighted by atomic mass is 31.2. The van der Waals surface area contributed by atoms with Crippen LogP contribution in [0, 0.1) is 0 Å². The molecule has 0 aromatic heterocycles. The molecule has 268 valence electrons. The van der Waals surface area contributed by atoms with Gasteiger partial charge in [0.1, 0.15) is 0 Å². The van der Waals surface area contributed by atoms with Crippen LogP contribution in [-0.2, 0) is 32.2 Å². The average molecular weight is 799 g/mol. The number of para-hydroxylation sites is 2. The summed E-state index contributed by atoms with van der Waals surface area (Å²) in [4.78, 5) is 88.9. The average Bonchev–Trinajstić information content (AvgIpc) is 2.69. The summed E-state index contributed by atoms with van der Waals surface area (Å²) < 4.78 is 114. The molecule has 2 rings (SSSR count). The van der Waals surface area contributed by atoms with Crippen molar-refractivity contribution in [1.29, 1.82) is 0 Å². The lowest BCUT2D eigenvalue weighted by Gasteiger charge is -2.21. The van der Waals surface area contributed by atoms with Gasteiger partial charge in [0, 0.05) is 0 Å². The second kappa shape index (κ2) is 24.8. The van der Waals surface area contributed by atoms with E-state index in [4.69, 9.17) is 90.9 Å². The van der Waals surface area contributed by atoms with Gasteiger partial charge in [-0.05, 0) is 24.3 Å². The molecule has 0 spiro atoms. The molecule has 0 heterocycles. The Labute approximate surface area is 248 Å². The molecule has 2 aromatic carbocycles. The molecular weight excluding hydrogens is 774 g/mol. The van der Waals surface area contributed by atoms with Crippen LogP contribution in [0.5, 0.6) is 0 Å². The van der Waals surface area contributed by atoms with E-state index in [9.17, 15) is 25.2 Å². The second-order valence-electron chi connectivity index (χ2n) is 5.99. The summed E-state index contributed by atoms with van der Waals surface area (Å²) in [6.07, 6.45) is 0. The molecule has 0 unspecified atom stereocenters. The van der Waals surface area contributed by atoms with Crippen molar-refractivity contribution in [1.82, 2.24) is 0 Å². The number of hydrogen-bond acceptors (Lipinski definition) is 8. The van der Waals surface area contributed by atoms with E-state index in [1.54, 1.807) is 12.2 Å². The molecule has 0 atom stereocenters. The van der Waals surface area contributed by atoms with Crippen molar-refractivity contribution >= 4 is 58.8 Å². The minimum atomic E-state index is -5.14. The summed E-state index contributed by atoms with van der Waals surface area (Å²) in [7, 11) is -29.2. The summed E-state index contributed by atoms with van der Waals surface area (Å²) in [6.45, 7) is 0. The first-order chi connectivity index (χ1) is 19.4. The molecule has 45 heavy (non-hydrogen) atoms. The van der Waals surface area contributed by atoms with Crippen molar-refractivity contribution in [3.8, 4) is 0 Å². The van der Waals surface area contributed by atoms with Crippen LogP contribution in [-0.4, -0.2) is 65.8 Å². The molecule has 0 bridgehead atoms. The summed E-state index contributed by atoms with van der Waals surface area (Å²) in [5.74, 6) is 0. The SMILES string of the molecule is CON(c1ccccc1)c1ccccc1.O=P(O)(O)F.O=P(O)(O)F.O=P(O)(O)F.O=P(O)(O)F.O=P(O)(O)F.O=P(O)(O)F. The number of benzene rings is 2. The Morgan fingerprint density at radius 3 is 0.667 bits per heavy atom. The molecule has 0 fully saturated rings. The Kier molecular flexibility index (Phi) is 29.3. The fourth-order valence-electron chi connectivity index (χ4n) is 1.49. The highest BCUT2D eigenvalue weighted by Gasteiger charge is 2.08. The molecule has 32 heteroatoms. The van der Waals surface area contributed by atoms with Gasteiger partial charge in [0.2, 0.25) is 0 Å². The van der Waals surface area contributed by atoms with Gasteiger partial charge in [-0.2, -0.15) is 0 Å². The minimum absolute atomic E-state index is 1.02. The fraction of sp³-hybridized carbons (Fsp3) is 0.0769. The Balaban J connectivity index is -0.000000151. The quantitative estimate of drug-likeness (QED) is 0.120. The predicted octanol–water partition coefficient (Wildman–Crippen LogP) is 3.68. The van der Waals surface area contributed by atoms with Gasteiger partial charge < -0.3 is 0 Å². The van der Waals surface area contributed by atoms with Crippen LogP contribution >= 0.6 is 47.4 Å². The molecule has 0 aliphatic rings. The minimum Gasteiger partial charge on any atom is -0.299 e. The van der Waals surface area contributed by atoms with E-state index < -0.39 is 47.4 Å². The highest BCUT2D eigenvalue weighted by Crippen LogP contribution is 2.37. The van der Waals surface area contributed by atoms with Gasteiger partial charge in [0.15, 0.2) is 0 Å². The van der Waals surface area contributed by atoms with Gasteiger partial charge in [-0.25, -0.2) is 32.5 Å². The standard InChI is InChI=1S/C13H13NO.6FH2O3P/c1-15-14(12-8-4-2-5-9-12)13-10-6-3-7-11-13;6*1-5(2,3)4/h2-11H,1H3;6*(H2,2,3,4). The van der Waals surface area contributed by atoms with Gasteiger partial charge in [0.05, 0.1) is 18.5 Å². The van der Waals surface area contributed by atoms with E-state index in [1.165, 1.54) is 0 Å². The Bertz CT molecular complexity index is 1070. The van der Waals surface area contributed by atoms with Crippen LogP contribution in [0.25, 0.3) is 0 Å². The van der Waals surface area contributed by atoms with Crippen LogP contribution in [0.4, 0.5) is 36.6 Å². The highest BCUT2D eigenvalue weighted by molar-refractivity contribution is 7.46. The van der Waals surface area contributed by atoms with Crippen molar-refractivity contribution in [2.45, 2.75) is 0 Å². The Morgan fingerprint density at radius 1 is 0.422 bits per heavy atom. The Hall–Kier alpha value is -1.32. The molecule has 0 saturated heterocycles. The largest absolute Gasteiger partial charge is 0.507 e. The number of hydrogen-bond donors (Lipinski definition) is 12. The van der Waals surface area contributed by atoms with Gasteiger partial charge >= 0.3 is 47.4 Å². The molecule has 20 nitrogen and oxygen atoms in total. The summed E-state index contributed by atoms with van der Waals surface area (Å²) >= 11 is 0. The molecule has 0 saturated carbocycles. The third-order valence-corrected chi connectivity index (χ3v) is 2.16. The molecular formula is C13H25F6NO19P6. The fourth-order valence-corrected chi connectivity index (χ4v) is 1.49. The van der Waals surface area contributed by atoms with Crippen molar-refractivity contribution < 1.29 is 116 Å². The van der Waals surface area contributed by atoms with E-state index in [0.717, 1.165) is 11.4 Å². The zero-order valence-corrected chi connectivity index (χ0v) is 26.8. The number of anilines is 2. The molecule has 0 aliphatic heterocycles. The molecule has 0 aliphatic carbocycles. The normalized spacial score (nSPS) is 11.2. The van der Waals surface area contributed by atoms with Crippen LogP contribution in [0.15, 0.2) is 60.7 Å². The van der Waals surface area contributed by atoms with Crippen LogP contribution in [0.1, 0.15) is 0 Å². The van der Waals surface area contributed by atoms with E-state index in [2.05, 4.69) is 0 Å². The van der Waals surface area contributed by atoms with E-state index in [0.29, 0.717) is 0 Å². The first-order valence-corrected chi connectivity index (χ1v) is 18.4. The van der Waals surface area contributed by atoms with Crippen molar-refractivity contribution in [2.24, 2.45) is 0 Å². The third kappa shape index (κ3) is 116. The van der Waals surface area contributed by atoms with Crippen molar-refractivity contribution in [2.75, 3.05) is 12.2 Å². The maximum atomic E-state index is 10.4. The molecule has 12 N–H and O–H groups in total. The van der Waals surface area contributed by atoms with Crippen molar-refractivity contribution in [3.63, 3.8) is 0 Å². The zero-order chi connectivity index (χ0) is 37.5. The van der Waals surface area contributed by atoms with Gasteiger partial charge in [-0.1, -0.05) is 36.4 Å². The van der Waals surface area contributed by atoms with Gasteiger partial charge in [-0.15, -0.1) is 25.2 Å². The predicted molar refractivity (Wildman–Crippen MR) is 141 cm³/mol. The summed E-state index contributed by atoms with van der Waals surface area (Å²) in [6, 6.07) is 20.0. The summed E-state index contributed by atoms with van der Waals surface area (Å²) in [5, 5.41) is 1.79. The van der Waals surface area contributed by atoms with Crippen LogP contribution in [0.2, 0.25) is 0 Å².